The molecule has 0 unspecified atom stereocenters. The van der Waals surface area contributed by atoms with Crippen LogP contribution < -0.4 is 5.32 Å². The predicted octanol–water partition coefficient (Wildman–Crippen LogP) is 0.702. The van der Waals surface area contributed by atoms with Crippen LogP contribution in [0.4, 0.5) is 0 Å². The van der Waals surface area contributed by atoms with Gasteiger partial charge in [-0.15, -0.1) is 24.0 Å². The molecule has 152 valence electrons. The van der Waals surface area contributed by atoms with Gasteiger partial charge < -0.3 is 19.6 Å². The smallest absolute Gasteiger partial charge is 0.236 e. The van der Waals surface area contributed by atoms with Crippen LogP contribution in [0.5, 0.6) is 0 Å². The first kappa shape index (κ1) is 21.9. The van der Waals surface area contributed by atoms with Gasteiger partial charge in [0.25, 0.3) is 0 Å². The van der Waals surface area contributed by atoms with Gasteiger partial charge in [-0.05, 0) is 19.8 Å². The Balaban J connectivity index is 0.00000261. The van der Waals surface area contributed by atoms with Gasteiger partial charge in [-0.2, -0.15) is 4.98 Å². The molecule has 0 aliphatic carbocycles. The number of piperazine rings is 1. The van der Waals surface area contributed by atoms with E-state index in [0.29, 0.717) is 24.8 Å². The Morgan fingerprint density at radius 1 is 1.15 bits per heavy atom. The molecule has 0 spiro atoms. The lowest BCUT2D eigenvalue weighted by Gasteiger charge is -2.36. The highest BCUT2D eigenvalue weighted by Gasteiger charge is 2.24. The molecule has 1 aromatic heterocycles. The van der Waals surface area contributed by atoms with Gasteiger partial charge in [-0.25, -0.2) is 4.99 Å². The first-order valence-electron chi connectivity index (χ1n) is 9.48. The summed E-state index contributed by atoms with van der Waals surface area (Å²) in [4.78, 5) is 27.6. The molecule has 1 N–H and O–H groups in total. The van der Waals surface area contributed by atoms with Crippen LogP contribution in [0, 0.1) is 6.92 Å². The van der Waals surface area contributed by atoms with Crippen molar-refractivity contribution in [3.63, 3.8) is 0 Å². The summed E-state index contributed by atoms with van der Waals surface area (Å²) in [6, 6.07) is 0. The summed E-state index contributed by atoms with van der Waals surface area (Å²) < 4.78 is 4.99. The summed E-state index contributed by atoms with van der Waals surface area (Å²) >= 11 is 0. The Morgan fingerprint density at radius 3 is 2.44 bits per heavy atom. The zero-order valence-corrected chi connectivity index (χ0v) is 18.5. The van der Waals surface area contributed by atoms with Crippen molar-refractivity contribution < 1.29 is 9.32 Å². The standard InChI is InChI=1S/C17H29N7O2.HI/c1-3-18-17(19-12-15-20-14(2)26-21-15)24-10-8-22(9-11-24)13-16(25)23-6-4-5-7-23;/h3-13H2,1-2H3,(H,18,19);1H. The van der Waals surface area contributed by atoms with Crippen LogP contribution in [0.25, 0.3) is 0 Å². The Morgan fingerprint density at radius 2 is 1.85 bits per heavy atom. The first-order chi connectivity index (χ1) is 12.7. The van der Waals surface area contributed by atoms with Crippen LogP contribution in [0.1, 0.15) is 31.5 Å². The highest BCUT2D eigenvalue weighted by atomic mass is 127. The van der Waals surface area contributed by atoms with Crippen molar-refractivity contribution in [2.24, 2.45) is 4.99 Å². The summed E-state index contributed by atoms with van der Waals surface area (Å²) in [6.45, 7) is 10.8. The fraction of sp³-hybridized carbons (Fsp3) is 0.765. The number of nitrogens with one attached hydrogen (secondary N) is 1. The number of likely N-dealkylation sites (tertiary alicyclic amines) is 1. The van der Waals surface area contributed by atoms with E-state index >= 15 is 0 Å². The van der Waals surface area contributed by atoms with E-state index in [4.69, 9.17) is 4.52 Å². The van der Waals surface area contributed by atoms with Gasteiger partial charge >= 0.3 is 0 Å². The maximum atomic E-state index is 12.3. The number of carbonyl (C=O) groups is 1. The molecular formula is C17H30IN7O2. The number of carbonyl (C=O) groups excluding carboxylic acids is 1. The molecule has 0 atom stereocenters. The molecule has 0 aromatic carbocycles. The van der Waals surface area contributed by atoms with Gasteiger partial charge in [-0.3, -0.25) is 9.69 Å². The number of hydrogen-bond donors (Lipinski definition) is 1. The number of nitrogens with zero attached hydrogens (tertiary/aromatic N) is 6. The summed E-state index contributed by atoms with van der Waals surface area (Å²) in [5, 5.41) is 7.21. The quantitative estimate of drug-likeness (QED) is 0.369. The lowest BCUT2D eigenvalue weighted by atomic mass is 10.3. The molecule has 1 aromatic rings. The zero-order valence-electron chi connectivity index (χ0n) is 16.2. The molecule has 0 bridgehead atoms. The molecule has 0 saturated carbocycles. The SMILES string of the molecule is CCNC(=NCc1noc(C)n1)N1CCN(CC(=O)N2CCCC2)CC1.I. The van der Waals surface area contributed by atoms with Crippen molar-refractivity contribution in [1.29, 1.82) is 0 Å². The maximum Gasteiger partial charge on any atom is 0.236 e. The molecule has 0 radical (unpaired) electrons. The minimum atomic E-state index is 0. The molecule has 27 heavy (non-hydrogen) atoms. The van der Waals surface area contributed by atoms with E-state index in [1.165, 1.54) is 0 Å². The number of hydrogen-bond acceptors (Lipinski definition) is 6. The number of guanidine groups is 1. The van der Waals surface area contributed by atoms with E-state index < -0.39 is 0 Å². The lowest BCUT2D eigenvalue weighted by molar-refractivity contribution is -0.131. The second kappa shape index (κ2) is 10.8. The Hall–Kier alpha value is -1.43. The highest BCUT2D eigenvalue weighted by Crippen LogP contribution is 2.09. The van der Waals surface area contributed by atoms with Crippen molar-refractivity contribution in [3.8, 4) is 0 Å². The van der Waals surface area contributed by atoms with Gasteiger partial charge in [0.2, 0.25) is 11.8 Å². The Bertz CT molecular complexity index is 623. The van der Waals surface area contributed by atoms with Crippen LogP contribution in [-0.4, -0.2) is 89.1 Å². The van der Waals surface area contributed by atoms with Gasteiger partial charge in [0, 0.05) is 52.7 Å². The fourth-order valence-electron chi connectivity index (χ4n) is 3.35. The summed E-state index contributed by atoms with van der Waals surface area (Å²) in [5.41, 5.74) is 0. The van der Waals surface area contributed by atoms with E-state index in [-0.39, 0.29) is 29.9 Å². The number of amides is 1. The molecular weight excluding hydrogens is 461 g/mol. The maximum absolute atomic E-state index is 12.3. The van der Waals surface area contributed by atoms with Gasteiger partial charge in [0.05, 0.1) is 6.54 Å². The second-order valence-corrected chi connectivity index (χ2v) is 6.75. The molecule has 9 nitrogen and oxygen atoms in total. The minimum Gasteiger partial charge on any atom is -0.357 e. The Kier molecular flexibility index (Phi) is 8.74. The third-order valence-electron chi connectivity index (χ3n) is 4.76. The van der Waals surface area contributed by atoms with E-state index in [0.717, 1.165) is 64.6 Å². The molecule has 1 amide bonds. The normalized spacial score (nSPS) is 18.5. The van der Waals surface area contributed by atoms with Crippen molar-refractivity contribution in [1.82, 2.24) is 30.2 Å². The number of halogens is 1. The van der Waals surface area contributed by atoms with Crippen LogP contribution >= 0.6 is 24.0 Å². The van der Waals surface area contributed by atoms with E-state index in [1.807, 2.05) is 4.90 Å². The van der Waals surface area contributed by atoms with Gasteiger partial charge in [-0.1, -0.05) is 5.16 Å². The minimum absolute atomic E-state index is 0. The lowest BCUT2D eigenvalue weighted by Crippen LogP contribution is -2.54. The van der Waals surface area contributed by atoms with Gasteiger partial charge in [0.15, 0.2) is 11.8 Å². The predicted molar refractivity (Wildman–Crippen MR) is 113 cm³/mol. The largest absolute Gasteiger partial charge is 0.357 e. The van der Waals surface area contributed by atoms with Gasteiger partial charge in [0.1, 0.15) is 6.54 Å². The van der Waals surface area contributed by atoms with Crippen LogP contribution in [0.3, 0.4) is 0 Å². The van der Waals surface area contributed by atoms with E-state index in [9.17, 15) is 4.79 Å². The molecule has 2 saturated heterocycles. The molecule has 3 heterocycles. The zero-order chi connectivity index (χ0) is 18.4. The van der Waals surface area contributed by atoms with Crippen LogP contribution in [-0.2, 0) is 11.3 Å². The summed E-state index contributed by atoms with van der Waals surface area (Å²) in [7, 11) is 0. The number of aliphatic imine (C=N–C) groups is 1. The van der Waals surface area contributed by atoms with Crippen molar-refractivity contribution in [3.05, 3.63) is 11.7 Å². The van der Waals surface area contributed by atoms with E-state index in [2.05, 4.69) is 37.2 Å². The Labute approximate surface area is 177 Å². The second-order valence-electron chi connectivity index (χ2n) is 6.75. The van der Waals surface area contributed by atoms with Crippen molar-refractivity contribution >= 4 is 35.8 Å². The monoisotopic (exact) mass is 491 g/mol. The van der Waals surface area contributed by atoms with Crippen LogP contribution in [0.15, 0.2) is 9.52 Å². The molecule has 10 heteroatoms. The average Bonchev–Trinajstić information content (AvgIpc) is 3.31. The number of rotatable bonds is 5. The third kappa shape index (κ3) is 6.30. The third-order valence-corrected chi connectivity index (χ3v) is 4.76. The average molecular weight is 491 g/mol. The number of aryl methyl sites for hydroxylation is 1. The van der Waals surface area contributed by atoms with Crippen molar-refractivity contribution in [2.45, 2.75) is 33.2 Å². The van der Waals surface area contributed by atoms with Crippen molar-refractivity contribution in [2.75, 3.05) is 52.4 Å². The molecule has 2 aliphatic heterocycles. The van der Waals surface area contributed by atoms with E-state index in [1.54, 1.807) is 6.92 Å². The molecule has 3 rings (SSSR count). The summed E-state index contributed by atoms with van der Waals surface area (Å²) in [5.74, 6) is 2.27. The van der Waals surface area contributed by atoms with Crippen LogP contribution in [0.2, 0.25) is 0 Å². The fourth-order valence-corrected chi connectivity index (χ4v) is 3.35. The highest BCUT2D eigenvalue weighted by molar-refractivity contribution is 14.0. The topological polar surface area (TPSA) is 90.1 Å². The number of aromatic nitrogens is 2. The first-order valence-corrected chi connectivity index (χ1v) is 9.48. The summed E-state index contributed by atoms with van der Waals surface area (Å²) in [6.07, 6.45) is 2.28. The molecule has 2 aliphatic rings. The molecule has 2 fully saturated rings.